The van der Waals surface area contributed by atoms with Crippen molar-refractivity contribution in [2.45, 2.75) is 32.1 Å². The number of halogens is 3. The van der Waals surface area contributed by atoms with Gasteiger partial charge in [0.25, 0.3) is 12.4 Å². The molecule has 0 aromatic heterocycles. The summed E-state index contributed by atoms with van der Waals surface area (Å²) in [5.41, 5.74) is 2.97. The molecule has 1 aliphatic heterocycles. The molecule has 4 N–H and O–H groups in total. The number of aliphatic hydroxyl groups excluding tert-OH is 2. The van der Waals surface area contributed by atoms with E-state index in [1.54, 1.807) is 30.3 Å². The number of nitrogens with zero attached hydrogens (tertiary/aromatic N) is 2. The molecule has 1 amide bonds. The number of carbonyl (C=O) groups is 1. The highest BCUT2D eigenvalue weighted by Gasteiger charge is 2.41. The highest BCUT2D eigenvalue weighted by Crippen LogP contribution is 2.36. The Balaban J connectivity index is 1.85. The molecule has 0 fully saturated rings. The van der Waals surface area contributed by atoms with Gasteiger partial charge in [0.2, 0.25) is 0 Å². The number of amides is 1. The van der Waals surface area contributed by atoms with Crippen LogP contribution in [0.5, 0.6) is 5.75 Å². The molecule has 0 saturated heterocycles. The van der Waals surface area contributed by atoms with Gasteiger partial charge in [-0.2, -0.15) is 5.10 Å². The van der Waals surface area contributed by atoms with E-state index >= 15 is 0 Å². The number of aliphatic hydroxyl groups is 2. The molecule has 11 nitrogen and oxygen atoms in total. The number of para-hydroxylation sites is 1. The van der Waals surface area contributed by atoms with Crippen molar-refractivity contribution in [2.24, 2.45) is 5.10 Å². The molecule has 3 unspecified atom stereocenters. The zero-order valence-corrected chi connectivity index (χ0v) is 20.2. The van der Waals surface area contributed by atoms with E-state index in [0.29, 0.717) is 5.69 Å². The van der Waals surface area contributed by atoms with Crippen molar-refractivity contribution in [3.05, 3.63) is 54.1 Å². The Morgan fingerprint density at radius 1 is 1.16 bits per heavy atom. The number of anilines is 2. The maximum absolute atomic E-state index is 13.3. The predicted octanol–water partition coefficient (Wildman–Crippen LogP) is 2.24. The van der Waals surface area contributed by atoms with Crippen molar-refractivity contribution >= 4 is 40.3 Å². The van der Waals surface area contributed by atoms with Crippen LogP contribution in [0.4, 0.5) is 24.5 Å². The zero-order valence-electron chi connectivity index (χ0n) is 19.4. The second-order valence-corrected chi connectivity index (χ2v) is 7.83. The van der Waals surface area contributed by atoms with Crippen molar-refractivity contribution in [2.75, 3.05) is 24.1 Å². The lowest BCUT2D eigenvalue weighted by Crippen LogP contribution is -2.46. The molecular formula is C22H23F3N4O7S. The van der Waals surface area contributed by atoms with Gasteiger partial charge in [0, 0.05) is 18.4 Å². The Morgan fingerprint density at radius 3 is 2.51 bits per heavy atom. The Morgan fingerprint density at radius 2 is 1.86 bits per heavy atom. The van der Waals surface area contributed by atoms with Crippen LogP contribution < -0.4 is 20.4 Å². The van der Waals surface area contributed by atoms with Crippen LogP contribution in [0, 0.1) is 0 Å². The van der Waals surface area contributed by atoms with Crippen LogP contribution >= 0.6 is 12.2 Å². The van der Waals surface area contributed by atoms with Crippen LogP contribution in [0.25, 0.3) is 0 Å². The summed E-state index contributed by atoms with van der Waals surface area (Å²) in [6.07, 6.45) is -6.59. The van der Waals surface area contributed by atoms with E-state index in [2.05, 4.69) is 25.3 Å². The molecule has 2 aromatic carbocycles. The van der Waals surface area contributed by atoms with E-state index in [1.165, 1.54) is 20.1 Å². The minimum atomic E-state index is -4.96. The first-order valence-corrected chi connectivity index (χ1v) is 11.0. The summed E-state index contributed by atoms with van der Waals surface area (Å²) in [4.78, 5) is 14.4. The number of nitrogens with one attached hydrogen (secondary N) is 2. The minimum Gasteiger partial charge on any atom is -0.406 e. The summed E-state index contributed by atoms with van der Waals surface area (Å²) in [6, 6.07) is 11.0. The number of hydrogen-bond acceptors (Lipinski definition) is 9. The summed E-state index contributed by atoms with van der Waals surface area (Å²) in [6.45, 7) is -0.755. The molecular weight excluding hydrogens is 521 g/mol. The number of hydrogen-bond donors (Lipinski definition) is 4. The van der Waals surface area contributed by atoms with Gasteiger partial charge in [-0.3, -0.25) is 15.1 Å². The molecule has 0 aliphatic carbocycles. The second kappa shape index (κ2) is 12.3. The number of rotatable bonds is 10. The smallest absolute Gasteiger partial charge is 0.406 e. The fraction of sp³-hybridized carbons (Fsp3) is 0.318. The maximum atomic E-state index is 13.3. The standard InChI is InChI=1S/C22H23F3N4O7S/c1-12(19(31)34-11-35-21(32)33-2)29-16-9-8-14(36-22(23,24)25)10-15(16)17(18(29)30)27-28-20(37)26-13-6-4-3-5-7-13/h3-10,12,19,21,31-32H,11H2,1-2H3,(H2,26,28,37)/b27-17-. The molecule has 2 aromatic rings. The largest absolute Gasteiger partial charge is 0.573 e. The van der Waals surface area contributed by atoms with Gasteiger partial charge in [-0.25, -0.2) is 0 Å². The van der Waals surface area contributed by atoms with Crippen LogP contribution in [0.3, 0.4) is 0 Å². The average molecular weight is 545 g/mol. The number of carbonyl (C=O) groups excluding carboxylic acids is 1. The van der Waals surface area contributed by atoms with E-state index in [4.69, 9.17) is 21.7 Å². The van der Waals surface area contributed by atoms with Gasteiger partial charge >= 0.3 is 6.36 Å². The highest BCUT2D eigenvalue weighted by molar-refractivity contribution is 7.80. The lowest BCUT2D eigenvalue weighted by atomic mass is 10.1. The third kappa shape index (κ3) is 7.58. The monoisotopic (exact) mass is 544 g/mol. The molecule has 0 spiro atoms. The number of alkyl halides is 3. The Kier molecular flexibility index (Phi) is 9.36. The quantitative estimate of drug-likeness (QED) is 0.200. The second-order valence-electron chi connectivity index (χ2n) is 7.42. The molecule has 1 heterocycles. The first-order chi connectivity index (χ1) is 17.5. The lowest BCUT2D eigenvalue weighted by molar-refractivity contribution is -0.300. The molecule has 0 radical (unpaired) electrons. The van der Waals surface area contributed by atoms with Crippen molar-refractivity contribution < 1.29 is 47.1 Å². The number of hydrazone groups is 1. The normalized spacial score (nSPS) is 16.8. The van der Waals surface area contributed by atoms with Crippen molar-refractivity contribution in [1.29, 1.82) is 0 Å². The number of benzene rings is 2. The molecule has 37 heavy (non-hydrogen) atoms. The zero-order chi connectivity index (χ0) is 27.2. The number of ether oxygens (including phenoxy) is 4. The van der Waals surface area contributed by atoms with Gasteiger partial charge in [0.05, 0.1) is 11.7 Å². The minimum absolute atomic E-state index is 0.00753. The lowest BCUT2D eigenvalue weighted by Gasteiger charge is -2.29. The Bertz CT molecular complexity index is 1140. The Labute approximate surface area is 214 Å². The number of thiocarbonyl (C=S) groups is 1. The van der Waals surface area contributed by atoms with Crippen molar-refractivity contribution in [1.82, 2.24) is 5.43 Å². The topological polar surface area (TPSA) is 134 Å². The first-order valence-electron chi connectivity index (χ1n) is 10.6. The summed E-state index contributed by atoms with van der Waals surface area (Å²) in [5, 5.41) is 26.5. The van der Waals surface area contributed by atoms with Gasteiger partial charge in [-0.05, 0) is 49.5 Å². The van der Waals surface area contributed by atoms with E-state index in [-0.39, 0.29) is 22.1 Å². The average Bonchev–Trinajstić information content (AvgIpc) is 3.11. The third-order valence-electron chi connectivity index (χ3n) is 4.91. The predicted molar refractivity (Wildman–Crippen MR) is 128 cm³/mol. The van der Waals surface area contributed by atoms with Crippen LogP contribution in [-0.4, -0.2) is 66.0 Å². The van der Waals surface area contributed by atoms with Gasteiger partial charge in [0.15, 0.2) is 23.9 Å². The summed E-state index contributed by atoms with van der Waals surface area (Å²) in [5.74, 6) is -1.34. The van der Waals surface area contributed by atoms with Crippen LogP contribution in [0.2, 0.25) is 0 Å². The molecule has 0 saturated carbocycles. The van der Waals surface area contributed by atoms with Crippen molar-refractivity contribution in [3.63, 3.8) is 0 Å². The van der Waals surface area contributed by atoms with Gasteiger partial charge < -0.3 is 34.5 Å². The Hall–Kier alpha value is -3.34. The van der Waals surface area contributed by atoms with E-state index < -0.39 is 43.6 Å². The third-order valence-corrected chi connectivity index (χ3v) is 5.10. The molecule has 3 atom stereocenters. The summed E-state index contributed by atoms with van der Waals surface area (Å²) in [7, 11) is 1.18. The van der Waals surface area contributed by atoms with Gasteiger partial charge in [0.1, 0.15) is 5.75 Å². The fourth-order valence-electron chi connectivity index (χ4n) is 3.25. The number of fused-ring (bicyclic) bond motifs is 1. The van der Waals surface area contributed by atoms with Crippen LogP contribution in [0.1, 0.15) is 12.5 Å². The van der Waals surface area contributed by atoms with E-state index in [9.17, 15) is 28.2 Å². The molecule has 0 bridgehead atoms. The van der Waals surface area contributed by atoms with Gasteiger partial charge in [-0.1, -0.05) is 18.2 Å². The molecule has 200 valence electrons. The summed E-state index contributed by atoms with van der Waals surface area (Å²) >= 11 is 5.17. The maximum Gasteiger partial charge on any atom is 0.573 e. The van der Waals surface area contributed by atoms with Crippen molar-refractivity contribution in [3.8, 4) is 5.75 Å². The first kappa shape index (κ1) is 28.2. The SMILES string of the molecule is COC(O)OCOC(O)C(C)N1C(=O)/C(=N\NC(=S)Nc2ccccc2)c2cc(OC(F)(F)F)ccc21. The summed E-state index contributed by atoms with van der Waals surface area (Å²) < 4.78 is 56.6. The van der Waals surface area contributed by atoms with Crippen LogP contribution in [0.15, 0.2) is 53.6 Å². The van der Waals surface area contributed by atoms with Gasteiger partial charge in [-0.15, -0.1) is 13.2 Å². The van der Waals surface area contributed by atoms with E-state index in [0.717, 1.165) is 17.0 Å². The fourth-order valence-corrected chi connectivity index (χ4v) is 3.42. The number of methoxy groups -OCH3 is 1. The highest BCUT2D eigenvalue weighted by atomic mass is 32.1. The molecule has 1 aliphatic rings. The van der Waals surface area contributed by atoms with Crippen LogP contribution in [-0.2, 0) is 19.0 Å². The van der Waals surface area contributed by atoms with E-state index in [1.807, 2.05) is 0 Å². The molecule has 3 rings (SSSR count). The molecule has 15 heteroatoms.